The number of anilines is 2. The maximum atomic E-state index is 13.1. The molecule has 2 saturated heterocycles. The van der Waals surface area contributed by atoms with Gasteiger partial charge in [-0.2, -0.15) is 9.97 Å². The molecule has 2 aliphatic rings. The number of nitrogens with zero attached hydrogens (tertiary/aromatic N) is 5. The van der Waals surface area contributed by atoms with Crippen molar-refractivity contribution in [1.29, 1.82) is 0 Å². The van der Waals surface area contributed by atoms with Crippen molar-refractivity contribution in [3.8, 4) is 0 Å². The minimum absolute atomic E-state index is 0.0418. The van der Waals surface area contributed by atoms with Crippen molar-refractivity contribution in [1.82, 2.24) is 29.1 Å². The molecule has 7 N–H and O–H groups in total. The van der Waals surface area contributed by atoms with Gasteiger partial charge in [-0.25, -0.2) is 9.78 Å². The maximum absolute atomic E-state index is 13.1. The summed E-state index contributed by atoms with van der Waals surface area (Å²) in [4.78, 5) is 38.7. The van der Waals surface area contributed by atoms with Crippen LogP contribution in [0.1, 0.15) is 12.6 Å². The Balaban J connectivity index is 1.30. The van der Waals surface area contributed by atoms with E-state index in [1.807, 2.05) is 0 Å². The van der Waals surface area contributed by atoms with Gasteiger partial charge in [0.05, 0.1) is 45.5 Å². The maximum Gasteiger partial charge on any atom is 0.330 e. The molecular weight excluding hydrogens is 583 g/mol. The first kappa shape index (κ1) is 30.2. The van der Waals surface area contributed by atoms with E-state index in [9.17, 15) is 24.4 Å². The molecule has 5 rings (SSSR count). The standard InChI is InChI=1S/C22H31N8O11P/c1-36-4-5-38-22(30-3-2-14(33)26-21(30)34)9-37-12(7-31)17(22)41-42(35)39-8-13-11(32)6-15(40-13)29-10-25-16-18(23)27-20(24)28-19(16)29/h2-3,10-13,15,17,31-32,42H,4-9H2,1H3,(H,26,33,34)(H4,23,24,27,28)/t11-,12+,13+,15+,17?,22+/m0/s1. The summed E-state index contributed by atoms with van der Waals surface area (Å²) in [6.07, 6.45) is -2.30. The highest BCUT2D eigenvalue weighted by Gasteiger charge is 2.55. The first-order valence-corrected chi connectivity index (χ1v) is 14.0. The molecular formula is C22H31N8O11P. The van der Waals surface area contributed by atoms with Gasteiger partial charge in [-0.1, -0.05) is 0 Å². The van der Waals surface area contributed by atoms with Gasteiger partial charge in [0.1, 0.15) is 30.1 Å². The molecule has 0 amide bonds. The molecule has 0 bridgehead atoms. The van der Waals surface area contributed by atoms with Crippen molar-refractivity contribution in [2.45, 2.75) is 42.8 Å². The number of nitrogens with one attached hydrogen (secondary N) is 1. The average molecular weight is 615 g/mol. The van der Waals surface area contributed by atoms with Gasteiger partial charge < -0.3 is 45.2 Å². The van der Waals surface area contributed by atoms with Gasteiger partial charge in [0.2, 0.25) is 11.7 Å². The molecule has 3 aromatic rings. The smallest absolute Gasteiger partial charge is 0.330 e. The zero-order valence-electron chi connectivity index (χ0n) is 22.3. The van der Waals surface area contributed by atoms with Crippen LogP contribution < -0.4 is 22.7 Å². The van der Waals surface area contributed by atoms with Crippen LogP contribution in [0.4, 0.5) is 11.8 Å². The first-order chi connectivity index (χ1) is 20.2. The van der Waals surface area contributed by atoms with Crippen molar-refractivity contribution in [2.24, 2.45) is 0 Å². The lowest BCUT2D eigenvalue weighted by atomic mass is 10.1. The molecule has 0 spiro atoms. The van der Waals surface area contributed by atoms with Crippen LogP contribution in [-0.4, -0.2) is 104 Å². The van der Waals surface area contributed by atoms with Crippen LogP contribution in [-0.2, 0) is 38.3 Å². The number of nitrogens with two attached hydrogens (primary N) is 2. The number of hydrogen-bond acceptors (Lipinski definition) is 16. The second-order valence-corrected chi connectivity index (χ2v) is 10.5. The largest absolute Gasteiger partial charge is 0.394 e. The third kappa shape index (κ3) is 5.83. The number of aliphatic hydroxyl groups excluding tert-OH is 2. The average Bonchev–Trinajstić information content (AvgIpc) is 3.63. The molecule has 0 aromatic carbocycles. The summed E-state index contributed by atoms with van der Waals surface area (Å²) in [5, 5.41) is 20.6. The molecule has 7 atom stereocenters. The molecule has 0 radical (unpaired) electrons. The lowest BCUT2D eigenvalue weighted by Gasteiger charge is -2.35. The minimum Gasteiger partial charge on any atom is -0.394 e. The van der Waals surface area contributed by atoms with Crippen molar-refractivity contribution in [2.75, 3.05) is 51.6 Å². The number of H-pyrrole nitrogens is 1. The zero-order valence-corrected chi connectivity index (χ0v) is 23.3. The zero-order chi connectivity index (χ0) is 30.0. The van der Waals surface area contributed by atoms with Crippen LogP contribution in [0.5, 0.6) is 0 Å². The van der Waals surface area contributed by atoms with E-state index in [4.69, 9.17) is 39.5 Å². The summed E-state index contributed by atoms with van der Waals surface area (Å²) < 4.78 is 49.3. The summed E-state index contributed by atoms with van der Waals surface area (Å²) >= 11 is 0. The molecule has 5 heterocycles. The van der Waals surface area contributed by atoms with E-state index in [-0.39, 0.29) is 44.6 Å². The second kappa shape index (κ2) is 12.5. The predicted molar refractivity (Wildman–Crippen MR) is 142 cm³/mol. The number of aliphatic hydroxyl groups is 2. The summed E-state index contributed by atoms with van der Waals surface area (Å²) in [6, 6.07) is 1.10. The van der Waals surface area contributed by atoms with Gasteiger partial charge in [-0.3, -0.25) is 28.0 Å². The first-order valence-electron chi connectivity index (χ1n) is 12.8. The topological polar surface area (TPSA) is 263 Å². The quantitative estimate of drug-likeness (QED) is 0.106. The monoisotopic (exact) mass is 614 g/mol. The molecule has 2 aliphatic heterocycles. The Morgan fingerprint density at radius 2 is 2.07 bits per heavy atom. The molecule has 0 aliphatic carbocycles. The third-order valence-electron chi connectivity index (χ3n) is 6.91. The lowest BCUT2D eigenvalue weighted by Crippen LogP contribution is -2.55. The van der Waals surface area contributed by atoms with Crippen LogP contribution in [0, 0.1) is 0 Å². The van der Waals surface area contributed by atoms with E-state index >= 15 is 0 Å². The molecule has 2 unspecified atom stereocenters. The normalized spacial score (nSPS) is 28.5. The Hall–Kier alpha value is -3.26. The Morgan fingerprint density at radius 1 is 1.26 bits per heavy atom. The van der Waals surface area contributed by atoms with Crippen LogP contribution in [0.2, 0.25) is 0 Å². The highest BCUT2D eigenvalue weighted by atomic mass is 31.1. The fourth-order valence-corrected chi connectivity index (χ4v) is 5.82. The van der Waals surface area contributed by atoms with E-state index in [2.05, 4.69) is 19.9 Å². The number of aromatic amines is 1. The second-order valence-electron chi connectivity index (χ2n) is 9.52. The molecule has 230 valence electrons. The third-order valence-corrected chi connectivity index (χ3v) is 7.76. The van der Waals surface area contributed by atoms with E-state index < -0.39 is 62.5 Å². The van der Waals surface area contributed by atoms with Crippen molar-refractivity contribution in [3.63, 3.8) is 0 Å². The fraction of sp³-hybridized carbons (Fsp3) is 0.591. The van der Waals surface area contributed by atoms with E-state index in [1.54, 1.807) is 4.57 Å². The fourth-order valence-electron chi connectivity index (χ4n) is 4.91. The highest BCUT2D eigenvalue weighted by molar-refractivity contribution is 7.33. The van der Waals surface area contributed by atoms with Gasteiger partial charge in [-0.15, -0.1) is 0 Å². The van der Waals surface area contributed by atoms with Gasteiger partial charge in [0.15, 0.2) is 11.5 Å². The number of rotatable bonds is 12. The predicted octanol–water partition coefficient (Wildman–Crippen LogP) is -2.31. The summed E-state index contributed by atoms with van der Waals surface area (Å²) in [5.41, 5.74) is 8.97. The summed E-state index contributed by atoms with van der Waals surface area (Å²) in [5.74, 6) is 0.0355. The number of aromatic nitrogens is 6. The van der Waals surface area contributed by atoms with Crippen LogP contribution in [0.15, 0.2) is 28.2 Å². The Morgan fingerprint density at radius 3 is 2.81 bits per heavy atom. The van der Waals surface area contributed by atoms with Gasteiger partial charge in [-0.05, 0) is 0 Å². The number of hydrogen-bond donors (Lipinski definition) is 5. The Kier molecular flexibility index (Phi) is 9.02. The van der Waals surface area contributed by atoms with Crippen LogP contribution in [0.3, 0.4) is 0 Å². The van der Waals surface area contributed by atoms with E-state index in [0.717, 1.165) is 10.6 Å². The highest BCUT2D eigenvalue weighted by Crippen LogP contribution is 2.41. The summed E-state index contributed by atoms with van der Waals surface area (Å²) in [6.45, 7) is -1.12. The van der Waals surface area contributed by atoms with Crippen molar-refractivity contribution >= 4 is 31.2 Å². The van der Waals surface area contributed by atoms with E-state index in [0.29, 0.717) is 11.2 Å². The van der Waals surface area contributed by atoms with Gasteiger partial charge in [0, 0.05) is 25.8 Å². The van der Waals surface area contributed by atoms with Crippen LogP contribution >= 0.6 is 8.25 Å². The molecule has 0 saturated carbocycles. The van der Waals surface area contributed by atoms with Gasteiger partial charge >= 0.3 is 13.9 Å². The SMILES string of the molecule is COCCO[C@]1(n2ccc(=O)[nH]c2=O)CO[C@H](CO)C1O[PH](=O)OC[C@H]1O[C@@H](n2cnc3c(N)nc(N)nc32)C[C@@H]1O. The van der Waals surface area contributed by atoms with Crippen molar-refractivity contribution < 1.29 is 42.8 Å². The molecule has 2 fully saturated rings. The minimum atomic E-state index is -3.37. The number of methoxy groups -OCH3 is 1. The molecule has 3 aromatic heterocycles. The van der Waals surface area contributed by atoms with Crippen LogP contribution in [0.25, 0.3) is 11.2 Å². The van der Waals surface area contributed by atoms with Gasteiger partial charge in [0.25, 0.3) is 5.56 Å². The Bertz CT molecular complexity index is 1550. The van der Waals surface area contributed by atoms with E-state index in [1.165, 1.54) is 19.6 Å². The molecule has 42 heavy (non-hydrogen) atoms. The number of imidazole rings is 1. The number of nitrogen functional groups attached to an aromatic ring is 2. The number of fused-ring (bicyclic) bond motifs is 1. The number of ether oxygens (including phenoxy) is 4. The molecule has 20 heteroatoms. The summed E-state index contributed by atoms with van der Waals surface area (Å²) in [7, 11) is -1.93. The lowest BCUT2D eigenvalue weighted by molar-refractivity contribution is -0.163. The Labute approximate surface area is 237 Å². The van der Waals surface area contributed by atoms with Crippen molar-refractivity contribution in [3.05, 3.63) is 39.4 Å². The molecule has 19 nitrogen and oxygen atoms in total.